The Morgan fingerprint density at radius 2 is 1.90 bits per heavy atom. The van der Waals surface area contributed by atoms with Gasteiger partial charge in [-0.25, -0.2) is 4.68 Å². The minimum Gasteiger partial charge on any atom is -0.495 e. The van der Waals surface area contributed by atoms with Crippen molar-refractivity contribution in [3.8, 4) is 17.0 Å². The summed E-state index contributed by atoms with van der Waals surface area (Å²) in [4.78, 5) is 25.3. The van der Waals surface area contributed by atoms with Crippen molar-refractivity contribution in [2.24, 2.45) is 0 Å². The number of ether oxygens (including phenoxy) is 1. The first kappa shape index (κ1) is 20.6. The lowest BCUT2D eigenvalue weighted by atomic mass is 10.1. The summed E-state index contributed by atoms with van der Waals surface area (Å²) in [6.45, 7) is 3.83. The zero-order valence-electron chi connectivity index (χ0n) is 16.5. The number of hydrogen-bond donors (Lipinski definition) is 1. The van der Waals surface area contributed by atoms with E-state index >= 15 is 0 Å². The van der Waals surface area contributed by atoms with E-state index in [0.717, 1.165) is 11.1 Å². The third-order valence-corrected chi connectivity index (χ3v) is 4.87. The van der Waals surface area contributed by atoms with Gasteiger partial charge in [-0.1, -0.05) is 48.4 Å². The van der Waals surface area contributed by atoms with Crippen LogP contribution in [0.3, 0.4) is 0 Å². The van der Waals surface area contributed by atoms with E-state index in [4.69, 9.17) is 16.3 Å². The molecule has 150 valence electrons. The number of benzene rings is 2. The number of amides is 1. The number of nitrogens with zero attached hydrogens (tertiary/aromatic N) is 2. The second-order valence-corrected chi connectivity index (χ2v) is 7.04. The van der Waals surface area contributed by atoms with E-state index in [0.29, 0.717) is 28.6 Å². The van der Waals surface area contributed by atoms with Crippen LogP contribution in [0.5, 0.6) is 5.75 Å². The predicted octanol–water partition coefficient (Wildman–Crippen LogP) is 4.47. The average Bonchev–Trinajstić information content (AvgIpc) is 2.71. The van der Waals surface area contributed by atoms with E-state index in [-0.39, 0.29) is 11.5 Å². The lowest BCUT2D eigenvalue weighted by molar-refractivity contribution is -0.119. The maximum atomic E-state index is 12.9. The highest BCUT2D eigenvalue weighted by molar-refractivity contribution is 6.32. The number of aromatic nitrogens is 2. The largest absolute Gasteiger partial charge is 0.495 e. The molecule has 6 nitrogen and oxygen atoms in total. The van der Waals surface area contributed by atoms with Crippen LogP contribution in [-0.4, -0.2) is 22.8 Å². The number of hydrogen-bond acceptors (Lipinski definition) is 4. The SMILES string of the molecule is CCC(C(=O)Nc1ccc(OC)c(Cl)c1)n1nc(-c2ccc(C)cc2)ccc1=O. The molecule has 1 aromatic heterocycles. The first-order valence-corrected chi connectivity index (χ1v) is 9.62. The lowest BCUT2D eigenvalue weighted by Gasteiger charge is -2.18. The van der Waals surface area contributed by atoms with Crippen LogP contribution in [0.4, 0.5) is 5.69 Å². The molecule has 7 heteroatoms. The van der Waals surface area contributed by atoms with E-state index in [9.17, 15) is 9.59 Å². The van der Waals surface area contributed by atoms with Crippen molar-refractivity contribution in [2.75, 3.05) is 12.4 Å². The number of methoxy groups -OCH3 is 1. The van der Waals surface area contributed by atoms with Crippen molar-refractivity contribution < 1.29 is 9.53 Å². The van der Waals surface area contributed by atoms with Crippen LogP contribution in [0.2, 0.25) is 5.02 Å². The van der Waals surface area contributed by atoms with Crippen molar-refractivity contribution >= 4 is 23.2 Å². The van der Waals surface area contributed by atoms with Crippen LogP contribution < -0.4 is 15.6 Å². The van der Waals surface area contributed by atoms with E-state index in [1.54, 1.807) is 24.3 Å². The van der Waals surface area contributed by atoms with Crippen molar-refractivity contribution in [3.63, 3.8) is 0 Å². The number of carbonyl (C=O) groups excluding carboxylic acids is 1. The van der Waals surface area contributed by atoms with E-state index in [1.165, 1.54) is 17.9 Å². The Hall–Kier alpha value is -3.12. The fraction of sp³-hybridized carbons (Fsp3) is 0.227. The number of anilines is 1. The molecule has 2 aromatic carbocycles. The van der Waals surface area contributed by atoms with Crippen molar-refractivity contribution in [1.82, 2.24) is 9.78 Å². The standard InChI is InChI=1S/C22H22ClN3O3/c1-4-19(22(28)24-16-9-11-20(29-3)17(23)13-16)26-21(27)12-10-18(25-26)15-7-5-14(2)6-8-15/h5-13,19H,4H2,1-3H3,(H,24,28). The van der Waals surface area contributed by atoms with Crippen molar-refractivity contribution in [2.45, 2.75) is 26.3 Å². The first-order chi connectivity index (χ1) is 13.9. The molecular weight excluding hydrogens is 390 g/mol. The molecule has 1 heterocycles. The zero-order chi connectivity index (χ0) is 21.0. The third-order valence-electron chi connectivity index (χ3n) is 4.58. The van der Waals surface area contributed by atoms with Gasteiger partial charge in [-0.15, -0.1) is 0 Å². The topological polar surface area (TPSA) is 73.2 Å². The van der Waals surface area contributed by atoms with E-state index in [1.807, 2.05) is 38.1 Å². The minimum absolute atomic E-state index is 0.337. The van der Waals surface area contributed by atoms with Gasteiger partial charge in [0.05, 0.1) is 17.8 Å². The highest BCUT2D eigenvalue weighted by atomic mass is 35.5. The van der Waals surface area contributed by atoms with Gasteiger partial charge in [0.2, 0.25) is 5.91 Å². The summed E-state index contributed by atoms with van der Waals surface area (Å²) in [6, 6.07) is 15.1. The molecule has 1 atom stereocenters. The second kappa shape index (κ2) is 8.92. The lowest BCUT2D eigenvalue weighted by Crippen LogP contribution is -2.34. The molecule has 29 heavy (non-hydrogen) atoms. The smallest absolute Gasteiger partial charge is 0.267 e. The highest BCUT2D eigenvalue weighted by Crippen LogP contribution is 2.27. The Morgan fingerprint density at radius 1 is 1.17 bits per heavy atom. The van der Waals surface area contributed by atoms with Crippen molar-refractivity contribution in [1.29, 1.82) is 0 Å². The molecule has 0 saturated carbocycles. The Morgan fingerprint density at radius 3 is 2.52 bits per heavy atom. The van der Waals surface area contributed by atoms with Crippen LogP contribution in [0.25, 0.3) is 11.3 Å². The summed E-state index contributed by atoms with van der Waals surface area (Å²) < 4.78 is 6.35. The summed E-state index contributed by atoms with van der Waals surface area (Å²) in [5.74, 6) is 0.171. The normalized spacial score (nSPS) is 11.7. The molecule has 0 aliphatic heterocycles. The fourth-order valence-electron chi connectivity index (χ4n) is 2.97. The van der Waals surface area contributed by atoms with Gasteiger partial charge in [0.15, 0.2) is 0 Å². The van der Waals surface area contributed by atoms with Gasteiger partial charge < -0.3 is 10.1 Å². The van der Waals surface area contributed by atoms with E-state index < -0.39 is 6.04 Å². The molecular formula is C22H22ClN3O3. The molecule has 0 fully saturated rings. The maximum absolute atomic E-state index is 12.9. The molecule has 0 saturated heterocycles. The Balaban J connectivity index is 1.89. The van der Waals surface area contributed by atoms with Crippen LogP contribution in [0, 0.1) is 6.92 Å². The maximum Gasteiger partial charge on any atom is 0.267 e. The quantitative estimate of drug-likeness (QED) is 0.649. The number of halogens is 1. The molecule has 0 aliphatic rings. The zero-order valence-corrected chi connectivity index (χ0v) is 17.2. The van der Waals surface area contributed by atoms with E-state index in [2.05, 4.69) is 10.4 Å². The predicted molar refractivity (Wildman–Crippen MR) is 115 cm³/mol. The summed E-state index contributed by atoms with van der Waals surface area (Å²) in [5, 5.41) is 7.63. The Bertz CT molecular complexity index is 1080. The molecule has 3 rings (SSSR count). The summed E-state index contributed by atoms with van der Waals surface area (Å²) in [6.07, 6.45) is 0.403. The Labute approximate surface area is 174 Å². The number of carbonyl (C=O) groups is 1. The molecule has 1 N–H and O–H groups in total. The molecule has 0 aliphatic carbocycles. The van der Waals surface area contributed by atoms with Gasteiger partial charge in [-0.05, 0) is 37.6 Å². The molecule has 0 radical (unpaired) electrons. The van der Waals surface area contributed by atoms with Gasteiger partial charge in [0, 0.05) is 17.3 Å². The van der Waals surface area contributed by atoms with Gasteiger partial charge in [0.1, 0.15) is 11.8 Å². The van der Waals surface area contributed by atoms with Crippen LogP contribution in [-0.2, 0) is 4.79 Å². The molecule has 0 bridgehead atoms. The second-order valence-electron chi connectivity index (χ2n) is 6.63. The third kappa shape index (κ3) is 4.66. The van der Waals surface area contributed by atoms with Crippen LogP contribution >= 0.6 is 11.6 Å². The number of aryl methyl sites for hydroxylation is 1. The molecule has 0 spiro atoms. The number of nitrogens with one attached hydrogen (secondary N) is 1. The van der Waals surface area contributed by atoms with Gasteiger partial charge in [0.25, 0.3) is 5.56 Å². The van der Waals surface area contributed by atoms with Gasteiger partial charge in [-0.2, -0.15) is 5.10 Å². The average molecular weight is 412 g/mol. The number of rotatable bonds is 6. The van der Waals surface area contributed by atoms with Crippen molar-refractivity contribution in [3.05, 3.63) is 75.5 Å². The highest BCUT2D eigenvalue weighted by Gasteiger charge is 2.22. The van der Waals surface area contributed by atoms with Crippen LogP contribution in [0.15, 0.2) is 59.4 Å². The Kier molecular flexibility index (Phi) is 6.34. The van der Waals surface area contributed by atoms with Crippen LogP contribution in [0.1, 0.15) is 24.9 Å². The first-order valence-electron chi connectivity index (χ1n) is 9.24. The van der Waals surface area contributed by atoms with Gasteiger partial charge >= 0.3 is 0 Å². The molecule has 1 unspecified atom stereocenters. The fourth-order valence-corrected chi connectivity index (χ4v) is 3.22. The minimum atomic E-state index is -0.756. The molecule has 3 aromatic rings. The summed E-state index contributed by atoms with van der Waals surface area (Å²) in [7, 11) is 1.52. The van der Waals surface area contributed by atoms with Gasteiger partial charge in [-0.3, -0.25) is 9.59 Å². The summed E-state index contributed by atoms with van der Waals surface area (Å²) >= 11 is 6.12. The molecule has 1 amide bonds. The summed E-state index contributed by atoms with van der Waals surface area (Å²) in [5.41, 5.74) is 2.81. The monoisotopic (exact) mass is 411 g/mol.